The van der Waals surface area contributed by atoms with Crippen molar-refractivity contribution >= 4 is 57.1 Å². The summed E-state index contributed by atoms with van der Waals surface area (Å²) >= 11 is 8.25. The molecule has 9 aromatic carbocycles. The molecule has 0 bridgehead atoms. The van der Waals surface area contributed by atoms with E-state index in [1.807, 2.05) is 206 Å². The second-order valence-corrected chi connectivity index (χ2v) is 33.1. The van der Waals surface area contributed by atoms with Crippen molar-refractivity contribution in [1.82, 2.24) is 15.0 Å². The van der Waals surface area contributed by atoms with E-state index in [0.717, 1.165) is 170 Å². The monoisotopic (exact) mass is 2000 g/mol. The number of alkyl carbamates (subject to hydrolysis) is 2. The van der Waals surface area contributed by atoms with Gasteiger partial charge in [0.15, 0.2) is 0 Å². The van der Waals surface area contributed by atoms with E-state index in [-0.39, 0.29) is 95.8 Å². The molecule has 9 aromatic rings. The number of carboxylic acids is 1. The Balaban J connectivity index is 0.000000795. The van der Waals surface area contributed by atoms with Crippen LogP contribution in [0.25, 0.3) is 0 Å². The van der Waals surface area contributed by atoms with E-state index in [9.17, 15) is 34.2 Å². The molecule has 4 unspecified atom stereocenters. The number of primary amides is 1. The molecule has 31 heteroatoms. The fourth-order valence-electron chi connectivity index (χ4n) is 11.7. The Labute approximate surface area is 830 Å². The minimum atomic E-state index is -0.864. The Hall–Kier alpha value is -10.9. The molecule has 1 heterocycles. The van der Waals surface area contributed by atoms with Crippen molar-refractivity contribution in [2.75, 3.05) is 99.8 Å². The molecular formula is C107H154BrClN6O23. The number of phenols is 2. The Bertz CT molecular complexity index is 4320. The van der Waals surface area contributed by atoms with Gasteiger partial charge in [-0.2, -0.15) is 0 Å². The van der Waals surface area contributed by atoms with Crippen LogP contribution in [0.3, 0.4) is 0 Å². The van der Waals surface area contributed by atoms with E-state index in [4.69, 9.17) is 103 Å². The molecule has 764 valence electrons. The van der Waals surface area contributed by atoms with Crippen molar-refractivity contribution in [3.63, 3.8) is 0 Å². The Kier molecular flexibility index (Phi) is 75.3. The zero-order valence-corrected chi connectivity index (χ0v) is 82.3. The van der Waals surface area contributed by atoms with Crippen molar-refractivity contribution in [2.24, 2.45) is 23.1 Å². The van der Waals surface area contributed by atoms with Gasteiger partial charge in [-0.05, 0) is 294 Å². The van der Waals surface area contributed by atoms with Gasteiger partial charge in [0, 0.05) is 55.0 Å². The Morgan fingerprint density at radius 3 is 0.949 bits per heavy atom. The van der Waals surface area contributed by atoms with Crippen molar-refractivity contribution < 1.29 is 113 Å². The number of aromatic hydroxyl groups is 2. The molecule has 1 saturated heterocycles. The van der Waals surface area contributed by atoms with Gasteiger partial charge in [0.25, 0.3) is 0 Å². The van der Waals surface area contributed by atoms with Crippen LogP contribution in [-0.2, 0) is 86.8 Å². The number of phenolic OH excluding ortho intramolecular Hbond substituents is 2. The minimum Gasteiger partial charge on any atom is -0.508 e. The summed E-state index contributed by atoms with van der Waals surface area (Å²) < 4.78 is 43.9. The minimum absolute atomic E-state index is 0. The van der Waals surface area contributed by atoms with Gasteiger partial charge >= 0.3 is 18.2 Å². The second-order valence-electron chi connectivity index (χ2n) is 32.1. The van der Waals surface area contributed by atoms with Crippen LogP contribution in [0.4, 0.5) is 9.59 Å². The highest BCUT2D eigenvalue weighted by Crippen LogP contribution is 2.21. The highest BCUT2D eigenvalue weighted by Gasteiger charge is 2.20. The van der Waals surface area contributed by atoms with E-state index in [0.29, 0.717) is 67.9 Å². The molecule has 4 atom stereocenters. The lowest BCUT2D eigenvalue weighted by Crippen LogP contribution is -2.25. The fourth-order valence-corrected chi connectivity index (χ4v) is 12.1. The van der Waals surface area contributed by atoms with E-state index in [1.54, 1.807) is 38.5 Å². The smallest absolute Gasteiger partial charge is 0.407 e. The fraction of sp³-hybridized carbons (Fsp3) is 0.449. The molecule has 10 rings (SSSR count). The number of hydrogen-bond acceptors (Lipinski definition) is 25. The van der Waals surface area contributed by atoms with Crippen LogP contribution in [0.1, 0.15) is 174 Å². The average Bonchev–Trinajstić information content (AvgIpc) is 1.20. The molecule has 0 aromatic heterocycles. The van der Waals surface area contributed by atoms with Crippen LogP contribution in [0.2, 0.25) is 0 Å². The maximum atomic E-state index is 11.6. The summed E-state index contributed by atoms with van der Waals surface area (Å²) in [6.07, 6.45) is 17.4. The van der Waals surface area contributed by atoms with Gasteiger partial charge < -0.3 is 117 Å². The average molecular weight is 2010 g/mol. The van der Waals surface area contributed by atoms with E-state index < -0.39 is 30.4 Å². The number of rotatable bonds is 53. The number of unbranched alkanes of at least 4 members (excludes halogenated alkanes) is 5. The first-order valence-electron chi connectivity index (χ1n) is 46.6. The van der Waals surface area contributed by atoms with Crippen LogP contribution >= 0.6 is 27.7 Å². The third-order valence-electron chi connectivity index (χ3n) is 19.8. The first-order valence-corrected chi connectivity index (χ1v) is 47.8. The van der Waals surface area contributed by atoms with Crippen LogP contribution in [0.15, 0.2) is 231 Å². The highest BCUT2D eigenvalue weighted by molar-refractivity contribution is 9.08. The molecule has 138 heavy (non-hydrogen) atoms. The zero-order chi connectivity index (χ0) is 101. The number of amides is 3. The number of carbonyl (C=O) groups excluding carboxylic acids is 4. The molecule has 19 N–H and O–H groups in total. The zero-order valence-electron chi connectivity index (χ0n) is 80.0. The van der Waals surface area contributed by atoms with E-state index in [2.05, 4.69) is 49.7 Å². The molecule has 3 amide bonds. The maximum absolute atomic E-state index is 11.6. The number of carbonyl (C=O) groups is 5. The van der Waals surface area contributed by atoms with Crippen molar-refractivity contribution in [3.05, 3.63) is 281 Å². The molecule has 0 spiro atoms. The molecule has 1 aliphatic heterocycles. The van der Waals surface area contributed by atoms with Crippen molar-refractivity contribution in [3.8, 4) is 40.2 Å². The first-order chi connectivity index (χ1) is 66.2. The summed E-state index contributed by atoms with van der Waals surface area (Å²) in [6.45, 7) is 8.74. The lowest BCUT2D eigenvalue weighted by atomic mass is 10.1. The molecule has 29 nitrogen and oxygen atoms in total. The number of halogens is 2. The van der Waals surface area contributed by atoms with Crippen molar-refractivity contribution in [2.45, 2.75) is 207 Å². The standard InChI is InChI=1S/C21H27NO5.C18H21NO3.2C13H21NO3.C11H15NO2.C11H14O3.C10H14BrNO.C6H11ClO.C3H6O2.CH4/c23-14-19(24)16-26-20-11-9-17(10-12-20)6-4-5-13-22-21(25)27-15-18-7-2-1-3-8-18;20-17-11-9-15(10-12-17)6-4-5-13-19-18(21)22-14-16-7-2-1-3-8-16;2*14-8-2-1-3-11-4-6-13(7-5-11)17-10-12(16)9-15;2*1-14-10-7-5-9(6-8-10)3-2-4-11(12)13;11-12-8-2-1-3-9-4-6-10(13)7-5-9;1-5(2)3-4-6(7)8;4-1-3-2-5-3;/h1-3,7-12,19,23-24H,4-6,13-16H2,(H,22,25);1-3,7-12,20H,4-6,13-14H2,(H,19,21);2*4-7,12,15-16H,1-3,8-10,14H2;5-8H,2-4H2,1H3,(H2,12,13);5-8H,2-4H2,1H3,(H,12,13);4-7,12-13H,1-3,8H2;5H,3-4H2,1-2H3;3-4H,1-2H2;1H4. The molecular weight excluding hydrogens is 1850 g/mol. The number of aryl methyl sites for hydroxylation is 7. The summed E-state index contributed by atoms with van der Waals surface area (Å²) in [5, 5.41) is 93.6. The number of benzene rings is 9. The highest BCUT2D eigenvalue weighted by atomic mass is 79.9. The molecule has 0 saturated carbocycles. The SMILES string of the molecule is C.CC(C)CCC(=O)Cl.COc1ccc(CCCC(=O)O)cc1.COc1ccc(CCCC(N)=O)cc1.NCCCCc1ccc(OCC(O)CO)cc1.NCCCCc1ccc(OCC(O)CO)cc1.O=C(NCCCCc1ccc(O)cc1)OCc1ccccc1.O=C(NCCCCc1ccc(OCC(O)CO)cc1)OCc1ccccc1.OCC1CO1.Oc1ccc(CCCCNBr)cc1. The van der Waals surface area contributed by atoms with Gasteiger partial charge in [0.1, 0.15) is 97.7 Å². The predicted molar refractivity (Wildman–Crippen MR) is 547 cm³/mol. The van der Waals surface area contributed by atoms with Gasteiger partial charge in [-0.15, -0.1) is 0 Å². The van der Waals surface area contributed by atoms with Crippen LogP contribution in [0, 0.1) is 5.92 Å². The van der Waals surface area contributed by atoms with Crippen LogP contribution < -0.4 is 55.9 Å². The van der Waals surface area contributed by atoms with Gasteiger partial charge in [-0.1, -0.05) is 167 Å². The summed E-state index contributed by atoms with van der Waals surface area (Å²) in [5.74, 6) is 3.98. The summed E-state index contributed by atoms with van der Waals surface area (Å²) in [7, 11) is 3.27. The first kappa shape index (κ1) is 125. The predicted octanol–water partition coefficient (Wildman–Crippen LogP) is 16.1. The second kappa shape index (κ2) is 83.1. The molecule has 1 fully saturated rings. The number of hydrogen-bond donors (Lipinski definition) is 16. The van der Waals surface area contributed by atoms with Gasteiger partial charge in [-0.25, -0.2) is 9.59 Å². The summed E-state index contributed by atoms with van der Waals surface area (Å²) in [5.41, 5.74) is 26.4. The number of methoxy groups -OCH3 is 2. The number of ether oxygens (including phenoxy) is 8. The molecule has 0 radical (unpaired) electrons. The van der Waals surface area contributed by atoms with Crippen LogP contribution in [0.5, 0.6) is 40.2 Å². The third-order valence-corrected chi connectivity index (χ3v) is 20.3. The topological polar surface area (TPSA) is 479 Å². The Morgan fingerprint density at radius 2 is 0.703 bits per heavy atom. The van der Waals surface area contributed by atoms with Gasteiger partial charge in [0.05, 0.1) is 47.3 Å². The number of nitrogens with one attached hydrogen (secondary N) is 3. The lowest BCUT2D eigenvalue weighted by Gasteiger charge is -2.10. The largest absolute Gasteiger partial charge is 0.508 e. The van der Waals surface area contributed by atoms with Gasteiger partial charge in [-0.3, -0.25) is 18.7 Å². The number of epoxide rings is 1. The number of carboxylic acid groups (broad SMARTS) is 1. The number of aliphatic hydroxyl groups is 7. The number of aliphatic hydroxyl groups excluding tert-OH is 7. The summed E-state index contributed by atoms with van der Waals surface area (Å²) in [4.78, 5) is 54.0. The quantitative estimate of drug-likeness (QED) is 0.00728. The van der Waals surface area contributed by atoms with E-state index >= 15 is 0 Å². The number of nitrogens with two attached hydrogens (primary N) is 3. The summed E-state index contributed by atoms with van der Waals surface area (Å²) in [6, 6.07) is 72.5. The Morgan fingerprint density at radius 1 is 0.413 bits per heavy atom. The lowest BCUT2D eigenvalue weighted by molar-refractivity contribution is -0.137. The van der Waals surface area contributed by atoms with E-state index in [1.165, 1.54) is 39.8 Å². The molecule has 1 aliphatic rings. The third kappa shape index (κ3) is 71.5. The maximum Gasteiger partial charge on any atom is 0.407 e. The molecule has 0 aliphatic carbocycles. The normalized spacial score (nSPS) is 11.7. The number of aliphatic carboxylic acids is 1. The van der Waals surface area contributed by atoms with Crippen molar-refractivity contribution in [1.29, 1.82) is 0 Å². The van der Waals surface area contributed by atoms with Crippen LogP contribution in [-0.4, -0.2) is 205 Å². The van der Waals surface area contributed by atoms with Gasteiger partial charge in [0.2, 0.25) is 11.1 Å².